The second-order valence-corrected chi connectivity index (χ2v) is 5.57. The fourth-order valence-electron chi connectivity index (χ4n) is 3.10. The minimum atomic E-state index is -2.94. The highest BCUT2D eigenvalue weighted by Gasteiger charge is 2.25. The summed E-state index contributed by atoms with van der Waals surface area (Å²) in [5.41, 5.74) is 3.11. The average molecular weight is 335 g/mol. The molecule has 1 aliphatic rings. The zero-order valence-corrected chi connectivity index (χ0v) is 13.6. The van der Waals surface area contributed by atoms with Gasteiger partial charge >= 0.3 is 6.61 Å². The van der Waals surface area contributed by atoms with Crippen molar-refractivity contribution < 1.29 is 23.0 Å². The van der Waals surface area contributed by atoms with Gasteiger partial charge in [0.15, 0.2) is 17.3 Å². The van der Waals surface area contributed by atoms with Crippen LogP contribution in [0.4, 0.5) is 8.78 Å². The zero-order chi connectivity index (χ0) is 17.3. The van der Waals surface area contributed by atoms with Crippen LogP contribution in [0.15, 0.2) is 24.4 Å². The number of halogens is 2. The van der Waals surface area contributed by atoms with E-state index in [1.165, 1.54) is 0 Å². The minimum absolute atomic E-state index is 0.00449. The van der Waals surface area contributed by atoms with Crippen molar-refractivity contribution in [3.8, 4) is 22.8 Å². The van der Waals surface area contributed by atoms with E-state index in [9.17, 15) is 13.6 Å². The molecule has 6 heteroatoms. The first kappa shape index (κ1) is 16.5. The van der Waals surface area contributed by atoms with Crippen LogP contribution in [0.25, 0.3) is 11.3 Å². The van der Waals surface area contributed by atoms with Crippen LogP contribution in [-0.2, 0) is 13.0 Å². The highest BCUT2D eigenvalue weighted by Crippen LogP contribution is 2.41. The lowest BCUT2D eigenvalue weighted by Gasteiger charge is -2.23. The number of nitrogens with zero attached hydrogens (tertiary/aromatic N) is 1. The zero-order valence-electron chi connectivity index (χ0n) is 13.6. The highest BCUT2D eigenvalue weighted by atomic mass is 19.3. The van der Waals surface area contributed by atoms with Gasteiger partial charge in [-0.25, -0.2) is 0 Å². The number of ketones is 1. The number of alkyl halides is 2. The van der Waals surface area contributed by atoms with E-state index in [1.807, 2.05) is 10.8 Å². The summed E-state index contributed by atoms with van der Waals surface area (Å²) in [5.74, 6) is 0.330. The molecule has 0 aliphatic carbocycles. The molecule has 0 fully saturated rings. The summed E-state index contributed by atoms with van der Waals surface area (Å²) in [5, 5.41) is 0. The van der Waals surface area contributed by atoms with Gasteiger partial charge in [-0.15, -0.1) is 0 Å². The predicted molar refractivity (Wildman–Crippen MR) is 86.0 cm³/mol. The van der Waals surface area contributed by atoms with Crippen LogP contribution < -0.4 is 9.47 Å². The first-order valence-corrected chi connectivity index (χ1v) is 8.02. The van der Waals surface area contributed by atoms with Gasteiger partial charge in [-0.2, -0.15) is 8.78 Å². The number of carbonyl (C=O) groups excluding carboxylic acids is 1. The van der Waals surface area contributed by atoms with Gasteiger partial charge in [0.05, 0.1) is 12.3 Å². The molecule has 0 unspecified atom stereocenters. The summed E-state index contributed by atoms with van der Waals surface area (Å²) in [7, 11) is 0. The van der Waals surface area contributed by atoms with E-state index in [1.54, 1.807) is 32.0 Å². The second-order valence-electron chi connectivity index (χ2n) is 5.57. The highest BCUT2D eigenvalue weighted by molar-refractivity contribution is 6.02. The number of carbonyl (C=O) groups is 1. The number of aromatic nitrogens is 1. The lowest BCUT2D eigenvalue weighted by Crippen LogP contribution is -2.13. The van der Waals surface area contributed by atoms with Gasteiger partial charge in [-0.05, 0) is 37.1 Å². The monoisotopic (exact) mass is 335 g/mol. The molecular formula is C18H19F2NO3. The normalized spacial score (nSPS) is 12.7. The molecule has 1 aromatic carbocycles. The topological polar surface area (TPSA) is 40.5 Å². The molecule has 4 nitrogen and oxygen atoms in total. The standard InChI is InChI=1S/C18H19F2NO3/c1-3-14(22)12-6-8-21-7-5-11-9-15(23-4-2)16(24-18(19)20)10-13(11)17(12)21/h6,8-10,18H,3-5,7H2,1-2H3. The molecular weight excluding hydrogens is 316 g/mol. The largest absolute Gasteiger partial charge is 0.490 e. The molecule has 1 aromatic heterocycles. The number of rotatable bonds is 6. The van der Waals surface area contributed by atoms with Crippen molar-refractivity contribution in [1.82, 2.24) is 4.57 Å². The number of fused-ring (bicyclic) bond motifs is 3. The van der Waals surface area contributed by atoms with Crippen molar-refractivity contribution in [3.05, 3.63) is 35.5 Å². The molecule has 0 spiro atoms. The lowest BCUT2D eigenvalue weighted by molar-refractivity contribution is -0.0514. The van der Waals surface area contributed by atoms with E-state index in [0.29, 0.717) is 24.3 Å². The van der Waals surface area contributed by atoms with Gasteiger partial charge < -0.3 is 14.0 Å². The molecule has 0 saturated heterocycles. The minimum Gasteiger partial charge on any atom is -0.490 e. The van der Waals surface area contributed by atoms with Crippen LogP contribution in [0, 0.1) is 0 Å². The molecule has 24 heavy (non-hydrogen) atoms. The molecule has 0 amide bonds. The van der Waals surface area contributed by atoms with E-state index < -0.39 is 6.61 Å². The van der Waals surface area contributed by atoms with Gasteiger partial charge in [0, 0.05) is 30.3 Å². The third kappa shape index (κ3) is 2.88. The lowest BCUT2D eigenvalue weighted by atomic mass is 9.94. The SMILES string of the molecule is CCOc1cc2c(cc1OC(F)F)-c1c(C(=O)CC)ccn1CC2. The average Bonchev–Trinajstić information content (AvgIpc) is 2.99. The van der Waals surface area contributed by atoms with Crippen LogP contribution in [-0.4, -0.2) is 23.6 Å². The maximum Gasteiger partial charge on any atom is 0.387 e. The third-order valence-electron chi connectivity index (χ3n) is 4.15. The van der Waals surface area contributed by atoms with E-state index in [0.717, 1.165) is 29.8 Å². The Morgan fingerprint density at radius 3 is 2.75 bits per heavy atom. The van der Waals surface area contributed by atoms with Crippen LogP contribution in [0.3, 0.4) is 0 Å². The predicted octanol–water partition coefficient (Wildman–Crippen LogP) is 4.30. The molecule has 0 bridgehead atoms. The molecule has 0 N–H and O–H groups in total. The van der Waals surface area contributed by atoms with Gasteiger partial charge in [-0.3, -0.25) is 4.79 Å². The molecule has 0 radical (unpaired) electrons. The number of hydrogen-bond acceptors (Lipinski definition) is 3. The Kier molecular flexibility index (Phi) is 4.55. The number of Topliss-reactive ketones (excluding diaryl/α,β-unsaturated/α-hetero) is 1. The summed E-state index contributed by atoms with van der Waals surface area (Å²) in [6, 6.07) is 5.09. The number of hydrogen-bond donors (Lipinski definition) is 0. The quantitative estimate of drug-likeness (QED) is 0.739. The maximum absolute atomic E-state index is 12.7. The summed E-state index contributed by atoms with van der Waals surface area (Å²) in [6.45, 7) is 1.75. The van der Waals surface area contributed by atoms with E-state index >= 15 is 0 Å². The first-order chi connectivity index (χ1) is 11.5. The van der Waals surface area contributed by atoms with Crippen molar-refractivity contribution in [2.24, 2.45) is 0 Å². The van der Waals surface area contributed by atoms with Gasteiger partial charge in [0.1, 0.15) is 0 Å². The van der Waals surface area contributed by atoms with Crippen LogP contribution in [0.1, 0.15) is 36.2 Å². The van der Waals surface area contributed by atoms with Gasteiger partial charge in [0.2, 0.25) is 0 Å². The second kappa shape index (κ2) is 6.63. The van der Waals surface area contributed by atoms with Crippen LogP contribution in [0.5, 0.6) is 11.5 Å². The molecule has 2 aromatic rings. The fraction of sp³-hybridized carbons (Fsp3) is 0.389. The smallest absolute Gasteiger partial charge is 0.387 e. The van der Waals surface area contributed by atoms with E-state index in [2.05, 4.69) is 4.74 Å². The molecule has 2 heterocycles. The van der Waals surface area contributed by atoms with Crippen LogP contribution >= 0.6 is 0 Å². The number of benzene rings is 1. The Morgan fingerprint density at radius 1 is 1.29 bits per heavy atom. The van der Waals surface area contributed by atoms with Crippen molar-refractivity contribution in [1.29, 1.82) is 0 Å². The number of ether oxygens (including phenoxy) is 2. The summed E-state index contributed by atoms with van der Waals surface area (Å²) in [6.07, 6.45) is 3.00. The van der Waals surface area contributed by atoms with Crippen molar-refractivity contribution >= 4 is 5.78 Å². The van der Waals surface area contributed by atoms with Crippen molar-refractivity contribution in [3.63, 3.8) is 0 Å². The molecule has 128 valence electrons. The van der Waals surface area contributed by atoms with Crippen molar-refractivity contribution in [2.75, 3.05) is 6.61 Å². The molecule has 0 saturated carbocycles. The molecule has 3 rings (SSSR count). The summed E-state index contributed by atoms with van der Waals surface area (Å²) in [4.78, 5) is 12.2. The summed E-state index contributed by atoms with van der Waals surface area (Å²) >= 11 is 0. The van der Waals surface area contributed by atoms with E-state index in [-0.39, 0.29) is 11.5 Å². The molecule has 1 aliphatic heterocycles. The Balaban J connectivity index is 2.15. The Bertz CT molecular complexity index is 768. The van der Waals surface area contributed by atoms with Crippen molar-refractivity contribution in [2.45, 2.75) is 39.8 Å². The maximum atomic E-state index is 12.7. The molecule has 0 atom stereocenters. The fourth-order valence-corrected chi connectivity index (χ4v) is 3.10. The van der Waals surface area contributed by atoms with Gasteiger partial charge in [-0.1, -0.05) is 6.92 Å². The van der Waals surface area contributed by atoms with Gasteiger partial charge in [0.25, 0.3) is 0 Å². The Labute approximate surface area is 139 Å². The Morgan fingerprint density at radius 2 is 2.08 bits per heavy atom. The number of aryl methyl sites for hydroxylation is 2. The van der Waals surface area contributed by atoms with Crippen LogP contribution in [0.2, 0.25) is 0 Å². The van der Waals surface area contributed by atoms with E-state index in [4.69, 9.17) is 4.74 Å². The Hall–Kier alpha value is -2.37. The first-order valence-electron chi connectivity index (χ1n) is 8.02. The summed E-state index contributed by atoms with van der Waals surface area (Å²) < 4.78 is 37.5. The third-order valence-corrected chi connectivity index (χ3v) is 4.15.